The van der Waals surface area contributed by atoms with Crippen molar-refractivity contribution in [3.05, 3.63) is 48.0 Å². The van der Waals surface area contributed by atoms with Gasteiger partial charge in [0.05, 0.1) is 10.9 Å². The maximum atomic E-state index is 4.44. The van der Waals surface area contributed by atoms with E-state index in [1.165, 1.54) is 11.1 Å². The third-order valence-electron chi connectivity index (χ3n) is 3.15. The average Bonchev–Trinajstić information content (AvgIpc) is 2.72. The molecule has 0 aliphatic carbocycles. The zero-order chi connectivity index (χ0) is 11.2. The van der Waals surface area contributed by atoms with Gasteiger partial charge < -0.3 is 0 Å². The Balaban J connectivity index is 2.24. The van der Waals surface area contributed by atoms with Crippen LogP contribution in [0, 0.1) is 0 Å². The lowest BCUT2D eigenvalue weighted by atomic mass is 9.98. The SMILES string of the molecule is C1=Nc2n[nH]c3cccc(c23)-c2ccccc21. The topological polar surface area (TPSA) is 41.0 Å². The summed E-state index contributed by atoms with van der Waals surface area (Å²) in [5.74, 6) is 0.770. The molecule has 0 bridgehead atoms. The van der Waals surface area contributed by atoms with Crippen molar-refractivity contribution in [3.8, 4) is 11.1 Å². The van der Waals surface area contributed by atoms with Gasteiger partial charge in [-0.05, 0) is 17.2 Å². The number of H-pyrrole nitrogens is 1. The molecule has 0 fully saturated rings. The predicted molar refractivity (Wildman–Crippen MR) is 68.8 cm³/mol. The molecular formula is C14H9N3. The summed E-state index contributed by atoms with van der Waals surface area (Å²) in [5, 5.41) is 8.37. The quantitative estimate of drug-likeness (QED) is 0.484. The first kappa shape index (κ1) is 8.70. The summed E-state index contributed by atoms with van der Waals surface area (Å²) in [6, 6.07) is 14.5. The van der Waals surface area contributed by atoms with E-state index in [0.717, 1.165) is 22.3 Å². The lowest BCUT2D eigenvalue weighted by Gasteiger charge is -2.05. The Morgan fingerprint density at radius 1 is 0.882 bits per heavy atom. The largest absolute Gasteiger partial charge is 0.276 e. The maximum Gasteiger partial charge on any atom is 0.182 e. The highest BCUT2D eigenvalue weighted by Gasteiger charge is 2.15. The zero-order valence-electron chi connectivity index (χ0n) is 9.01. The molecule has 1 aliphatic heterocycles. The van der Waals surface area contributed by atoms with Gasteiger partial charge in [-0.1, -0.05) is 36.4 Å². The predicted octanol–water partition coefficient (Wildman–Crippen LogP) is 3.29. The second-order valence-electron chi connectivity index (χ2n) is 4.12. The Labute approximate surface area is 97.8 Å². The smallest absolute Gasteiger partial charge is 0.182 e. The summed E-state index contributed by atoms with van der Waals surface area (Å²) in [4.78, 5) is 4.44. The summed E-state index contributed by atoms with van der Waals surface area (Å²) in [6.07, 6.45) is 1.88. The van der Waals surface area contributed by atoms with Crippen molar-refractivity contribution >= 4 is 22.9 Å². The van der Waals surface area contributed by atoms with Crippen LogP contribution in [0.4, 0.5) is 5.82 Å². The lowest BCUT2D eigenvalue weighted by Crippen LogP contribution is -1.85. The number of aliphatic imine (C=N–C) groups is 1. The van der Waals surface area contributed by atoms with Crippen molar-refractivity contribution in [1.29, 1.82) is 0 Å². The normalized spacial score (nSPS) is 12.5. The molecule has 0 unspecified atom stereocenters. The monoisotopic (exact) mass is 219 g/mol. The molecule has 0 radical (unpaired) electrons. The van der Waals surface area contributed by atoms with Crippen LogP contribution in [-0.2, 0) is 0 Å². The fourth-order valence-corrected chi connectivity index (χ4v) is 2.36. The summed E-state index contributed by atoms with van der Waals surface area (Å²) >= 11 is 0. The molecule has 0 saturated heterocycles. The number of nitrogens with one attached hydrogen (secondary N) is 1. The van der Waals surface area contributed by atoms with E-state index in [0.29, 0.717) is 0 Å². The molecule has 0 saturated carbocycles. The lowest BCUT2D eigenvalue weighted by molar-refractivity contribution is 1.11. The van der Waals surface area contributed by atoms with Crippen LogP contribution in [0.15, 0.2) is 47.5 Å². The molecule has 3 aromatic rings. The molecule has 0 spiro atoms. The van der Waals surface area contributed by atoms with Crippen molar-refractivity contribution < 1.29 is 0 Å². The molecule has 0 atom stereocenters. The van der Waals surface area contributed by atoms with Gasteiger partial charge in [-0.25, -0.2) is 4.99 Å². The van der Waals surface area contributed by atoms with E-state index in [1.807, 2.05) is 24.4 Å². The van der Waals surface area contributed by atoms with Crippen molar-refractivity contribution in [2.24, 2.45) is 4.99 Å². The number of aromatic nitrogens is 2. The van der Waals surface area contributed by atoms with Crippen LogP contribution in [0.5, 0.6) is 0 Å². The van der Waals surface area contributed by atoms with Gasteiger partial charge in [0, 0.05) is 11.8 Å². The zero-order valence-corrected chi connectivity index (χ0v) is 9.01. The van der Waals surface area contributed by atoms with Gasteiger partial charge in [0.25, 0.3) is 0 Å². The molecule has 17 heavy (non-hydrogen) atoms. The van der Waals surface area contributed by atoms with Crippen LogP contribution in [0.25, 0.3) is 22.0 Å². The number of benzene rings is 2. The van der Waals surface area contributed by atoms with E-state index in [4.69, 9.17) is 0 Å². The highest BCUT2D eigenvalue weighted by molar-refractivity contribution is 6.08. The standard InChI is InChI=1S/C14H9N3/c1-2-5-10-9(4-1)8-15-14-13-11(10)6-3-7-12(13)16-17-14/h1-8H,(H,16,17). The second-order valence-corrected chi connectivity index (χ2v) is 4.12. The van der Waals surface area contributed by atoms with Crippen LogP contribution >= 0.6 is 0 Å². The Hall–Kier alpha value is -2.42. The van der Waals surface area contributed by atoms with Crippen LogP contribution in [-0.4, -0.2) is 16.4 Å². The summed E-state index contributed by atoms with van der Waals surface area (Å²) in [5.41, 5.74) is 4.57. The average molecular weight is 219 g/mol. The minimum Gasteiger partial charge on any atom is -0.276 e. The highest BCUT2D eigenvalue weighted by atomic mass is 15.2. The van der Waals surface area contributed by atoms with Crippen molar-refractivity contribution in [2.45, 2.75) is 0 Å². The van der Waals surface area contributed by atoms with Gasteiger partial charge in [0.2, 0.25) is 0 Å². The first-order chi connectivity index (χ1) is 8.43. The van der Waals surface area contributed by atoms with Crippen molar-refractivity contribution in [1.82, 2.24) is 10.2 Å². The van der Waals surface area contributed by atoms with E-state index >= 15 is 0 Å². The fraction of sp³-hybridized carbons (Fsp3) is 0. The molecule has 80 valence electrons. The summed E-state index contributed by atoms with van der Waals surface area (Å²) in [7, 11) is 0. The number of hydrogen-bond donors (Lipinski definition) is 1. The van der Waals surface area contributed by atoms with E-state index in [1.54, 1.807) is 0 Å². The Kier molecular flexibility index (Phi) is 1.56. The van der Waals surface area contributed by atoms with Gasteiger partial charge >= 0.3 is 0 Å². The molecule has 3 heteroatoms. The van der Waals surface area contributed by atoms with E-state index in [2.05, 4.69) is 39.5 Å². The van der Waals surface area contributed by atoms with Crippen LogP contribution in [0.2, 0.25) is 0 Å². The third kappa shape index (κ3) is 1.11. The van der Waals surface area contributed by atoms with Crippen molar-refractivity contribution in [3.63, 3.8) is 0 Å². The van der Waals surface area contributed by atoms with Crippen LogP contribution < -0.4 is 0 Å². The molecular weight excluding hydrogens is 210 g/mol. The number of rotatable bonds is 0. The molecule has 1 aromatic heterocycles. The van der Waals surface area contributed by atoms with Gasteiger partial charge in [-0.2, -0.15) is 5.10 Å². The van der Waals surface area contributed by atoms with E-state index in [-0.39, 0.29) is 0 Å². The molecule has 2 heterocycles. The maximum absolute atomic E-state index is 4.44. The number of hydrogen-bond acceptors (Lipinski definition) is 2. The Morgan fingerprint density at radius 3 is 2.76 bits per heavy atom. The van der Waals surface area contributed by atoms with E-state index < -0.39 is 0 Å². The summed E-state index contributed by atoms with van der Waals surface area (Å²) < 4.78 is 0. The van der Waals surface area contributed by atoms with Gasteiger partial charge in [-0.3, -0.25) is 5.10 Å². The minimum absolute atomic E-state index is 0.770. The molecule has 3 nitrogen and oxygen atoms in total. The molecule has 4 rings (SSSR count). The molecule has 1 aliphatic rings. The Morgan fingerprint density at radius 2 is 1.76 bits per heavy atom. The first-order valence-electron chi connectivity index (χ1n) is 5.54. The first-order valence-corrected chi connectivity index (χ1v) is 5.54. The van der Waals surface area contributed by atoms with Crippen LogP contribution in [0.1, 0.15) is 5.56 Å². The van der Waals surface area contributed by atoms with Crippen LogP contribution in [0.3, 0.4) is 0 Å². The number of aromatic amines is 1. The van der Waals surface area contributed by atoms with Crippen molar-refractivity contribution in [2.75, 3.05) is 0 Å². The minimum atomic E-state index is 0.770. The number of nitrogens with zero attached hydrogens (tertiary/aromatic N) is 2. The Bertz CT molecular complexity index is 753. The summed E-state index contributed by atoms with van der Waals surface area (Å²) in [6.45, 7) is 0. The van der Waals surface area contributed by atoms with E-state index in [9.17, 15) is 0 Å². The molecule has 2 aromatic carbocycles. The van der Waals surface area contributed by atoms with Gasteiger partial charge in [0.1, 0.15) is 0 Å². The molecule has 1 N–H and O–H groups in total. The second kappa shape index (κ2) is 3.04. The number of fused-ring (bicyclic) bond motifs is 2. The molecule has 0 amide bonds. The highest BCUT2D eigenvalue weighted by Crippen LogP contribution is 2.37. The van der Waals surface area contributed by atoms with Gasteiger partial charge in [0.15, 0.2) is 5.82 Å². The fourth-order valence-electron chi connectivity index (χ4n) is 2.36. The van der Waals surface area contributed by atoms with Gasteiger partial charge in [-0.15, -0.1) is 0 Å². The third-order valence-corrected chi connectivity index (χ3v) is 3.15.